The molecule has 0 rings (SSSR count). The molecule has 0 aliphatic rings. The minimum Gasteiger partial charge on any atom is -0.499 e. The molecule has 0 saturated heterocycles. The molecule has 0 amide bonds. The average molecular weight is 194 g/mol. The number of rotatable bonds is 6. The van der Waals surface area contributed by atoms with E-state index >= 15 is 0 Å². The van der Waals surface area contributed by atoms with Gasteiger partial charge in [-0.1, -0.05) is 13.5 Å². The first-order valence-electron chi connectivity index (χ1n) is 3.71. The van der Waals surface area contributed by atoms with Gasteiger partial charge in [-0.3, -0.25) is 4.55 Å². The van der Waals surface area contributed by atoms with Crippen LogP contribution in [0.1, 0.15) is 19.8 Å². The average Bonchev–Trinajstić information content (AvgIpc) is 1.96. The molecule has 0 saturated carbocycles. The molecule has 12 heavy (non-hydrogen) atoms. The van der Waals surface area contributed by atoms with Crippen molar-refractivity contribution in [2.45, 2.75) is 19.8 Å². The van der Waals surface area contributed by atoms with Crippen molar-refractivity contribution in [3.63, 3.8) is 0 Å². The smallest absolute Gasteiger partial charge is 0.264 e. The van der Waals surface area contributed by atoms with Gasteiger partial charge in [0.2, 0.25) is 0 Å². The van der Waals surface area contributed by atoms with Gasteiger partial charge in [-0.2, -0.15) is 8.42 Å². The number of allylic oxidation sites excluding steroid dienone is 1. The second-order valence-electron chi connectivity index (χ2n) is 2.38. The van der Waals surface area contributed by atoms with Crippen molar-refractivity contribution in [3.8, 4) is 0 Å². The first-order chi connectivity index (χ1) is 5.45. The van der Waals surface area contributed by atoms with Crippen molar-refractivity contribution in [1.29, 1.82) is 0 Å². The van der Waals surface area contributed by atoms with E-state index in [2.05, 4.69) is 6.58 Å². The molecule has 0 heterocycles. The Bertz CT molecular complexity index is 230. The molecule has 0 bridgehead atoms. The minimum atomic E-state index is -3.84. The standard InChI is InChI=1S/C7H14O4S/c1-3-7(2)11-5-4-6-12(8,9)10/h2-6H2,1H3,(H,8,9,10). The van der Waals surface area contributed by atoms with Crippen LogP contribution in [0.4, 0.5) is 0 Å². The molecule has 72 valence electrons. The largest absolute Gasteiger partial charge is 0.499 e. The molecular formula is C7H14O4S. The van der Waals surface area contributed by atoms with Crippen LogP contribution in [0.3, 0.4) is 0 Å². The predicted octanol–water partition coefficient (Wildman–Crippen LogP) is 1.20. The molecule has 4 nitrogen and oxygen atoms in total. The summed E-state index contributed by atoms with van der Waals surface area (Å²) in [5.74, 6) is 0.370. The zero-order valence-electron chi connectivity index (χ0n) is 7.12. The van der Waals surface area contributed by atoms with Crippen LogP contribution in [0.2, 0.25) is 0 Å². The third-order valence-electron chi connectivity index (χ3n) is 1.25. The molecule has 0 aromatic carbocycles. The van der Waals surface area contributed by atoms with Crippen molar-refractivity contribution in [3.05, 3.63) is 12.3 Å². The lowest BCUT2D eigenvalue weighted by Crippen LogP contribution is -2.06. The molecule has 0 aromatic heterocycles. The first kappa shape index (κ1) is 11.4. The van der Waals surface area contributed by atoms with Crippen LogP contribution in [0.25, 0.3) is 0 Å². The van der Waals surface area contributed by atoms with Crippen molar-refractivity contribution < 1.29 is 17.7 Å². The van der Waals surface area contributed by atoms with Gasteiger partial charge in [0.1, 0.15) is 0 Å². The molecule has 0 radical (unpaired) electrons. The van der Waals surface area contributed by atoms with Crippen molar-refractivity contribution in [2.24, 2.45) is 0 Å². The molecule has 0 aliphatic heterocycles. The van der Waals surface area contributed by atoms with Gasteiger partial charge in [-0.05, 0) is 6.42 Å². The van der Waals surface area contributed by atoms with Crippen LogP contribution < -0.4 is 0 Å². The number of hydrogen-bond donors (Lipinski definition) is 1. The maximum Gasteiger partial charge on any atom is 0.264 e. The normalized spacial score (nSPS) is 11.2. The van der Waals surface area contributed by atoms with E-state index in [1.54, 1.807) is 0 Å². The summed E-state index contributed by atoms with van der Waals surface area (Å²) in [6, 6.07) is 0. The third kappa shape index (κ3) is 7.56. The molecule has 0 unspecified atom stereocenters. The zero-order chi connectivity index (χ0) is 9.61. The second-order valence-corrected chi connectivity index (χ2v) is 3.95. The SMILES string of the molecule is C=C(CC)OCCCS(=O)(=O)O. The van der Waals surface area contributed by atoms with E-state index in [0.29, 0.717) is 12.2 Å². The minimum absolute atomic E-state index is 0.260. The Morgan fingerprint density at radius 2 is 2.17 bits per heavy atom. The van der Waals surface area contributed by atoms with Crippen LogP contribution >= 0.6 is 0 Å². The summed E-state index contributed by atoms with van der Waals surface area (Å²) >= 11 is 0. The van der Waals surface area contributed by atoms with Crippen molar-refractivity contribution >= 4 is 10.1 Å². The highest BCUT2D eigenvalue weighted by Gasteiger charge is 2.03. The first-order valence-corrected chi connectivity index (χ1v) is 5.32. The molecule has 0 aliphatic carbocycles. The Balaban J connectivity index is 3.40. The third-order valence-corrected chi connectivity index (χ3v) is 2.05. The summed E-state index contributed by atoms with van der Waals surface area (Å²) in [4.78, 5) is 0. The van der Waals surface area contributed by atoms with Crippen LogP contribution in [0, 0.1) is 0 Å². The Hall–Kier alpha value is -0.550. The Kier molecular flexibility index (Phi) is 4.92. The van der Waals surface area contributed by atoms with Crippen molar-refractivity contribution in [1.82, 2.24) is 0 Å². The molecule has 1 N–H and O–H groups in total. The quantitative estimate of drug-likeness (QED) is 0.392. The van der Waals surface area contributed by atoms with E-state index in [9.17, 15) is 8.42 Å². The summed E-state index contributed by atoms with van der Waals surface area (Å²) in [5, 5.41) is 0. The van der Waals surface area contributed by atoms with E-state index < -0.39 is 10.1 Å². The second kappa shape index (κ2) is 5.16. The molecule has 0 aromatic rings. The van der Waals surface area contributed by atoms with E-state index in [1.165, 1.54) is 0 Å². The summed E-state index contributed by atoms with van der Waals surface area (Å²) in [7, 11) is -3.84. The number of ether oxygens (including phenoxy) is 1. The van der Waals surface area contributed by atoms with Crippen LogP contribution in [-0.4, -0.2) is 25.3 Å². The molecule has 0 spiro atoms. The van der Waals surface area contributed by atoms with Gasteiger partial charge >= 0.3 is 0 Å². The molecule has 5 heteroatoms. The lowest BCUT2D eigenvalue weighted by Gasteiger charge is -2.05. The monoisotopic (exact) mass is 194 g/mol. The van der Waals surface area contributed by atoms with Crippen LogP contribution in [-0.2, 0) is 14.9 Å². The van der Waals surface area contributed by atoms with Crippen molar-refractivity contribution in [2.75, 3.05) is 12.4 Å². The highest BCUT2D eigenvalue weighted by atomic mass is 32.2. The van der Waals surface area contributed by atoms with Gasteiger partial charge in [0, 0.05) is 6.42 Å². The topological polar surface area (TPSA) is 63.6 Å². The summed E-state index contributed by atoms with van der Waals surface area (Å²) < 4.78 is 33.8. The fraction of sp³-hybridized carbons (Fsp3) is 0.714. The van der Waals surface area contributed by atoms with E-state index in [-0.39, 0.29) is 18.8 Å². The maximum absolute atomic E-state index is 10.2. The summed E-state index contributed by atoms with van der Waals surface area (Å²) in [6.07, 6.45) is 1.00. The zero-order valence-corrected chi connectivity index (χ0v) is 7.93. The van der Waals surface area contributed by atoms with E-state index in [4.69, 9.17) is 9.29 Å². The van der Waals surface area contributed by atoms with Gasteiger partial charge in [0.15, 0.2) is 0 Å². The number of hydrogen-bond acceptors (Lipinski definition) is 3. The van der Waals surface area contributed by atoms with Gasteiger partial charge in [0.05, 0.1) is 18.1 Å². The van der Waals surface area contributed by atoms with E-state index in [0.717, 1.165) is 0 Å². The molecular weight excluding hydrogens is 180 g/mol. The lowest BCUT2D eigenvalue weighted by molar-refractivity contribution is 0.206. The molecule has 0 fully saturated rings. The van der Waals surface area contributed by atoms with E-state index in [1.807, 2.05) is 6.92 Å². The van der Waals surface area contributed by atoms with Gasteiger partial charge in [0.25, 0.3) is 10.1 Å². The van der Waals surface area contributed by atoms with Crippen LogP contribution in [0.5, 0.6) is 0 Å². The fourth-order valence-corrected chi connectivity index (χ4v) is 1.04. The highest BCUT2D eigenvalue weighted by molar-refractivity contribution is 7.85. The van der Waals surface area contributed by atoms with Gasteiger partial charge in [-0.25, -0.2) is 0 Å². The van der Waals surface area contributed by atoms with Crippen LogP contribution in [0.15, 0.2) is 12.3 Å². The van der Waals surface area contributed by atoms with Gasteiger partial charge < -0.3 is 4.74 Å². The predicted molar refractivity (Wildman–Crippen MR) is 46.4 cm³/mol. The summed E-state index contributed by atoms with van der Waals surface area (Å²) in [5.41, 5.74) is 0. The Labute approximate surface area is 73.0 Å². The fourth-order valence-electron chi connectivity index (χ4n) is 0.560. The van der Waals surface area contributed by atoms with Gasteiger partial charge in [-0.15, -0.1) is 0 Å². The Morgan fingerprint density at radius 1 is 1.58 bits per heavy atom. The Morgan fingerprint density at radius 3 is 2.58 bits per heavy atom. The highest BCUT2D eigenvalue weighted by Crippen LogP contribution is 1.99. The summed E-state index contributed by atoms with van der Waals surface area (Å²) in [6.45, 7) is 5.75. The molecule has 0 atom stereocenters. The maximum atomic E-state index is 10.2. The lowest BCUT2D eigenvalue weighted by atomic mass is 10.4.